The molecule has 3 rings (SSSR count). The molecule has 5 nitrogen and oxygen atoms in total. The van der Waals surface area contributed by atoms with Gasteiger partial charge in [-0.2, -0.15) is 4.68 Å². The summed E-state index contributed by atoms with van der Waals surface area (Å²) in [6.45, 7) is 0. The Kier molecular flexibility index (Phi) is 3.33. The second-order valence-electron chi connectivity index (χ2n) is 5.11. The van der Waals surface area contributed by atoms with Crippen LogP contribution in [0, 0.1) is 11.6 Å². The summed E-state index contributed by atoms with van der Waals surface area (Å²) in [4.78, 5) is 0. The number of nitrogen functional groups attached to an aromatic ring is 1. The molecule has 0 unspecified atom stereocenters. The van der Waals surface area contributed by atoms with Gasteiger partial charge in [0.15, 0.2) is 11.6 Å². The lowest BCUT2D eigenvalue weighted by Crippen LogP contribution is -2.14. The molecule has 1 fully saturated rings. The van der Waals surface area contributed by atoms with E-state index in [2.05, 4.69) is 15.5 Å². The average Bonchev–Trinajstić information content (AvgIpc) is 2.87. The predicted octanol–water partition coefficient (Wildman–Crippen LogP) is 2.57. The number of tetrazole rings is 1. The summed E-state index contributed by atoms with van der Waals surface area (Å²) >= 11 is 0. The maximum atomic E-state index is 14.0. The topological polar surface area (TPSA) is 69.6 Å². The minimum absolute atomic E-state index is 0.00754. The summed E-state index contributed by atoms with van der Waals surface area (Å²) in [6.07, 6.45) is 5.37. The molecule has 0 bridgehead atoms. The van der Waals surface area contributed by atoms with Crippen LogP contribution in [0.3, 0.4) is 0 Å². The Bertz CT molecular complexity index is 596. The standard InChI is InChI=1S/C13H15F2N5/c14-9-6-10(15)12(11(16)7-9)20-13(17-18-19-20)8-4-2-1-3-5-8/h6-8H,1-5,16H2. The minimum Gasteiger partial charge on any atom is -0.397 e. The summed E-state index contributed by atoms with van der Waals surface area (Å²) in [6, 6.07) is 1.86. The van der Waals surface area contributed by atoms with Gasteiger partial charge in [-0.25, -0.2) is 8.78 Å². The predicted molar refractivity (Wildman–Crippen MR) is 69.3 cm³/mol. The second kappa shape index (κ2) is 5.15. The van der Waals surface area contributed by atoms with Gasteiger partial charge in [0.2, 0.25) is 0 Å². The fraction of sp³-hybridized carbons (Fsp3) is 0.462. The number of benzene rings is 1. The van der Waals surface area contributed by atoms with E-state index >= 15 is 0 Å². The van der Waals surface area contributed by atoms with Crippen LogP contribution in [0.1, 0.15) is 43.8 Å². The van der Waals surface area contributed by atoms with E-state index in [4.69, 9.17) is 5.73 Å². The van der Waals surface area contributed by atoms with E-state index in [1.165, 1.54) is 11.1 Å². The largest absolute Gasteiger partial charge is 0.397 e. The van der Waals surface area contributed by atoms with Crippen molar-refractivity contribution in [2.45, 2.75) is 38.0 Å². The maximum absolute atomic E-state index is 14.0. The molecule has 1 aromatic heterocycles. The number of anilines is 1. The molecule has 20 heavy (non-hydrogen) atoms. The molecule has 1 aromatic carbocycles. The van der Waals surface area contributed by atoms with E-state index < -0.39 is 11.6 Å². The Morgan fingerprint density at radius 2 is 1.90 bits per heavy atom. The third kappa shape index (κ3) is 2.23. The van der Waals surface area contributed by atoms with Crippen molar-refractivity contribution in [3.05, 3.63) is 29.6 Å². The van der Waals surface area contributed by atoms with Gasteiger partial charge in [0.25, 0.3) is 0 Å². The first-order valence-electron chi connectivity index (χ1n) is 6.70. The molecule has 0 saturated heterocycles. The van der Waals surface area contributed by atoms with E-state index in [1.54, 1.807) is 0 Å². The van der Waals surface area contributed by atoms with Crippen molar-refractivity contribution in [1.82, 2.24) is 20.2 Å². The quantitative estimate of drug-likeness (QED) is 0.858. The summed E-state index contributed by atoms with van der Waals surface area (Å²) in [7, 11) is 0. The van der Waals surface area contributed by atoms with Crippen molar-refractivity contribution >= 4 is 5.69 Å². The van der Waals surface area contributed by atoms with Crippen LogP contribution in [0.4, 0.5) is 14.5 Å². The Morgan fingerprint density at radius 3 is 2.60 bits per heavy atom. The SMILES string of the molecule is Nc1cc(F)cc(F)c1-n1nnnc1C1CCCCC1. The lowest BCUT2D eigenvalue weighted by molar-refractivity contribution is 0.421. The highest BCUT2D eigenvalue weighted by molar-refractivity contribution is 5.58. The van der Waals surface area contributed by atoms with Crippen molar-refractivity contribution in [3.8, 4) is 5.69 Å². The third-order valence-corrected chi connectivity index (χ3v) is 3.73. The van der Waals surface area contributed by atoms with Crippen LogP contribution in [0.5, 0.6) is 0 Å². The van der Waals surface area contributed by atoms with Crippen LogP contribution >= 0.6 is 0 Å². The van der Waals surface area contributed by atoms with Crippen molar-refractivity contribution < 1.29 is 8.78 Å². The Balaban J connectivity index is 2.05. The number of rotatable bonds is 2. The molecule has 2 N–H and O–H groups in total. The normalized spacial score (nSPS) is 16.5. The lowest BCUT2D eigenvalue weighted by Gasteiger charge is -2.20. The van der Waals surface area contributed by atoms with Gasteiger partial charge in [-0.1, -0.05) is 19.3 Å². The van der Waals surface area contributed by atoms with Crippen LogP contribution in [-0.2, 0) is 0 Å². The zero-order chi connectivity index (χ0) is 14.1. The number of nitrogens with zero attached hydrogens (tertiary/aromatic N) is 4. The average molecular weight is 279 g/mol. The molecule has 0 aliphatic heterocycles. The molecule has 0 radical (unpaired) electrons. The van der Waals surface area contributed by atoms with Crippen molar-refractivity contribution in [2.24, 2.45) is 0 Å². The monoisotopic (exact) mass is 279 g/mol. The molecule has 7 heteroatoms. The Morgan fingerprint density at radius 1 is 1.15 bits per heavy atom. The van der Waals surface area contributed by atoms with Gasteiger partial charge in [0, 0.05) is 12.0 Å². The molecule has 2 aromatic rings. The van der Waals surface area contributed by atoms with Crippen LogP contribution in [0.15, 0.2) is 12.1 Å². The van der Waals surface area contributed by atoms with Crippen LogP contribution < -0.4 is 5.73 Å². The van der Waals surface area contributed by atoms with Crippen molar-refractivity contribution in [1.29, 1.82) is 0 Å². The molecule has 1 aliphatic rings. The number of hydrogen-bond acceptors (Lipinski definition) is 4. The zero-order valence-electron chi connectivity index (χ0n) is 10.9. The van der Waals surface area contributed by atoms with E-state index in [0.717, 1.165) is 37.8 Å². The highest BCUT2D eigenvalue weighted by Gasteiger charge is 2.24. The fourth-order valence-corrected chi connectivity index (χ4v) is 2.78. The van der Waals surface area contributed by atoms with Crippen LogP contribution in [-0.4, -0.2) is 20.2 Å². The van der Waals surface area contributed by atoms with Crippen molar-refractivity contribution in [3.63, 3.8) is 0 Å². The van der Waals surface area contributed by atoms with Crippen LogP contribution in [0.25, 0.3) is 5.69 Å². The first-order chi connectivity index (χ1) is 9.66. The summed E-state index contributed by atoms with van der Waals surface area (Å²) in [5.41, 5.74) is 5.73. The summed E-state index contributed by atoms with van der Waals surface area (Å²) in [5, 5.41) is 11.5. The van der Waals surface area contributed by atoms with E-state index in [9.17, 15) is 8.78 Å². The van der Waals surface area contributed by atoms with Gasteiger partial charge in [0.05, 0.1) is 5.69 Å². The van der Waals surface area contributed by atoms with Crippen molar-refractivity contribution in [2.75, 3.05) is 5.73 Å². The van der Waals surface area contributed by atoms with Gasteiger partial charge in [-0.05, 0) is 29.3 Å². The first kappa shape index (κ1) is 13.0. The zero-order valence-corrected chi connectivity index (χ0v) is 10.9. The number of hydrogen-bond donors (Lipinski definition) is 1. The smallest absolute Gasteiger partial charge is 0.159 e. The number of aromatic nitrogens is 4. The molecular weight excluding hydrogens is 264 g/mol. The van der Waals surface area contributed by atoms with Gasteiger partial charge >= 0.3 is 0 Å². The van der Waals surface area contributed by atoms with Gasteiger partial charge in [0.1, 0.15) is 11.5 Å². The molecule has 1 aliphatic carbocycles. The second-order valence-corrected chi connectivity index (χ2v) is 5.11. The molecule has 1 saturated carbocycles. The van der Waals surface area contributed by atoms with E-state index in [-0.39, 0.29) is 17.3 Å². The molecular formula is C13H15F2N5. The van der Waals surface area contributed by atoms with E-state index in [1.807, 2.05) is 0 Å². The fourth-order valence-electron chi connectivity index (χ4n) is 2.78. The molecule has 1 heterocycles. The lowest BCUT2D eigenvalue weighted by atomic mass is 9.88. The minimum atomic E-state index is -0.758. The maximum Gasteiger partial charge on any atom is 0.159 e. The van der Waals surface area contributed by atoms with Gasteiger partial charge in [-0.3, -0.25) is 0 Å². The number of halogens is 2. The highest BCUT2D eigenvalue weighted by Crippen LogP contribution is 2.33. The summed E-state index contributed by atoms with van der Waals surface area (Å²) < 4.78 is 28.4. The Hall–Kier alpha value is -2.05. The van der Waals surface area contributed by atoms with E-state index in [0.29, 0.717) is 5.82 Å². The number of nitrogens with two attached hydrogens (primary N) is 1. The van der Waals surface area contributed by atoms with Crippen LogP contribution in [0.2, 0.25) is 0 Å². The summed E-state index contributed by atoms with van der Waals surface area (Å²) in [5.74, 6) is -0.674. The molecule has 0 spiro atoms. The molecule has 106 valence electrons. The molecule has 0 atom stereocenters. The van der Waals surface area contributed by atoms with Gasteiger partial charge < -0.3 is 5.73 Å². The van der Waals surface area contributed by atoms with Gasteiger partial charge in [-0.15, -0.1) is 5.10 Å². The third-order valence-electron chi connectivity index (χ3n) is 3.73. The first-order valence-corrected chi connectivity index (χ1v) is 6.70. The Labute approximate surface area is 114 Å². The molecule has 0 amide bonds. The highest BCUT2D eigenvalue weighted by atomic mass is 19.1.